The summed E-state index contributed by atoms with van der Waals surface area (Å²) < 4.78 is 38.8. The fourth-order valence-corrected chi connectivity index (χ4v) is 1.46. The Morgan fingerprint density at radius 3 is 1.56 bits per heavy atom. The van der Waals surface area contributed by atoms with E-state index in [9.17, 15) is 13.2 Å². The summed E-state index contributed by atoms with van der Waals surface area (Å²) in [5.74, 6) is -2.46. The second kappa shape index (κ2) is 3.89. The summed E-state index contributed by atoms with van der Waals surface area (Å²) in [6.07, 6.45) is 0. The van der Waals surface area contributed by atoms with Gasteiger partial charge in [0.2, 0.25) is 0 Å². The van der Waals surface area contributed by atoms with Crippen LogP contribution < -0.4 is 0 Å². The molecule has 0 aromatic heterocycles. The molecule has 82 valence electrons. The zero-order valence-corrected chi connectivity index (χ0v) is 8.05. The van der Waals surface area contributed by atoms with E-state index in [0.29, 0.717) is 0 Å². The fraction of sp³-hybridized carbons (Fsp3) is 0. The van der Waals surface area contributed by atoms with Crippen molar-refractivity contribution in [1.29, 1.82) is 0 Å². The molecule has 2 aromatic rings. The Labute approximate surface area is 89.8 Å². The van der Waals surface area contributed by atoms with E-state index in [1.54, 1.807) is 0 Å². The average Bonchev–Trinajstić information content (AvgIpc) is 2.14. The lowest BCUT2D eigenvalue weighted by Gasteiger charge is -2.03. The van der Waals surface area contributed by atoms with E-state index >= 15 is 0 Å². The van der Waals surface area contributed by atoms with Crippen LogP contribution >= 0.6 is 0 Å². The predicted octanol–water partition coefficient (Wildman–Crippen LogP) is 3.48. The highest BCUT2D eigenvalue weighted by Crippen LogP contribution is 2.26. The lowest BCUT2D eigenvalue weighted by molar-refractivity contribution is 0.469. The van der Waals surface area contributed by atoms with Gasteiger partial charge in [-0.3, -0.25) is 0 Å². The zero-order valence-electron chi connectivity index (χ0n) is 8.05. The molecule has 2 aromatic carbocycles. The number of benzene rings is 2. The standard InChI is InChI=1S/C12H7F3O/c13-9-1-7(2-10(14)5-9)8-3-11(15)6-12(16)4-8/h1-6,16H. The van der Waals surface area contributed by atoms with Crippen molar-refractivity contribution >= 4 is 0 Å². The summed E-state index contributed by atoms with van der Waals surface area (Å²) in [7, 11) is 0. The van der Waals surface area contributed by atoms with Crippen molar-refractivity contribution in [3.63, 3.8) is 0 Å². The quantitative estimate of drug-likeness (QED) is 0.786. The van der Waals surface area contributed by atoms with Crippen LogP contribution in [0.25, 0.3) is 11.1 Å². The van der Waals surface area contributed by atoms with Crippen molar-refractivity contribution in [3.05, 3.63) is 53.8 Å². The molecule has 0 unspecified atom stereocenters. The highest BCUT2D eigenvalue weighted by atomic mass is 19.1. The first-order valence-electron chi connectivity index (χ1n) is 4.50. The van der Waals surface area contributed by atoms with Gasteiger partial charge in [0.15, 0.2) is 0 Å². The SMILES string of the molecule is Oc1cc(F)cc(-c2cc(F)cc(F)c2)c1. The van der Waals surface area contributed by atoms with Gasteiger partial charge in [-0.1, -0.05) is 0 Å². The largest absolute Gasteiger partial charge is 0.508 e. The highest BCUT2D eigenvalue weighted by molar-refractivity contribution is 5.65. The van der Waals surface area contributed by atoms with Gasteiger partial charge >= 0.3 is 0 Å². The molecule has 0 aliphatic carbocycles. The number of phenolic OH excluding ortho intramolecular Hbond substituents is 1. The molecule has 0 radical (unpaired) electrons. The first kappa shape index (κ1) is 10.5. The second-order valence-electron chi connectivity index (χ2n) is 3.36. The Balaban J connectivity index is 2.57. The molecule has 0 saturated carbocycles. The third-order valence-corrected chi connectivity index (χ3v) is 2.08. The van der Waals surface area contributed by atoms with Crippen molar-refractivity contribution < 1.29 is 18.3 Å². The molecule has 0 saturated heterocycles. The van der Waals surface area contributed by atoms with Gasteiger partial charge in [-0.2, -0.15) is 0 Å². The molecular formula is C12H7F3O. The van der Waals surface area contributed by atoms with Gasteiger partial charge in [-0.25, -0.2) is 13.2 Å². The molecule has 4 heteroatoms. The number of hydrogen-bond donors (Lipinski definition) is 1. The molecule has 1 nitrogen and oxygen atoms in total. The van der Waals surface area contributed by atoms with Crippen LogP contribution in [0.3, 0.4) is 0 Å². The van der Waals surface area contributed by atoms with Gasteiger partial charge in [0.05, 0.1) is 0 Å². The number of rotatable bonds is 1. The number of halogens is 3. The maximum Gasteiger partial charge on any atom is 0.127 e. The Hall–Kier alpha value is -1.97. The summed E-state index contributed by atoms with van der Waals surface area (Å²) in [4.78, 5) is 0. The van der Waals surface area contributed by atoms with Crippen LogP contribution in [0.1, 0.15) is 0 Å². The average molecular weight is 224 g/mol. The Bertz CT molecular complexity index is 448. The van der Waals surface area contributed by atoms with Crippen LogP contribution in [0.15, 0.2) is 36.4 Å². The Morgan fingerprint density at radius 2 is 1.06 bits per heavy atom. The molecule has 2 rings (SSSR count). The third-order valence-electron chi connectivity index (χ3n) is 2.08. The number of hydrogen-bond acceptors (Lipinski definition) is 1. The van der Waals surface area contributed by atoms with Crippen molar-refractivity contribution in [2.75, 3.05) is 0 Å². The fourth-order valence-electron chi connectivity index (χ4n) is 1.46. The van der Waals surface area contributed by atoms with Crippen LogP contribution in [0.4, 0.5) is 13.2 Å². The third kappa shape index (κ3) is 2.16. The predicted molar refractivity (Wildman–Crippen MR) is 53.4 cm³/mol. The first-order chi connectivity index (χ1) is 7.54. The second-order valence-corrected chi connectivity index (χ2v) is 3.36. The van der Waals surface area contributed by atoms with Crippen molar-refractivity contribution in [3.8, 4) is 16.9 Å². The molecule has 0 heterocycles. The molecule has 0 fully saturated rings. The maximum atomic E-state index is 13.0. The van der Waals surface area contributed by atoms with Gasteiger partial charge in [0, 0.05) is 12.1 Å². The van der Waals surface area contributed by atoms with Crippen molar-refractivity contribution in [1.82, 2.24) is 0 Å². The molecule has 0 atom stereocenters. The van der Waals surface area contributed by atoms with Gasteiger partial charge in [-0.15, -0.1) is 0 Å². The molecular weight excluding hydrogens is 217 g/mol. The molecule has 0 aliphatic rings. The summed E-state index contributed by atoms with van der Waals surface area (Å²) >= 11 is 0. The monoisotopic (exact) mass is 224 g/mol. The Kier molecular flexibility index (Phi) is 2.56. The highest BCUT2D eigenvalue weighted by Gasteiger charge is 2.06. The summed E-state index contributed by atoms with van der Waals surface area (Å²) in [5.41, 5.74) is 0.392. The maximum absolute atomic E-state index is 13.0. The van der Waals surface area contributed by atoms with Crippen molar-refractivity contribution in [2.24, 2.45) is 0 Å². The van der Waals surface area contributed by atoms with Crippen LogP contribution in [-0.2, 0) is 0 Å². The van der Waals surface area contributed by atoms with Gasteiger partial charge in [0.25, 0.3) is 0 Å². The molecule has 0 spiro atoms. The number of aromatic hydroxyl groups is 1. The van der Waals surface area contributed by atoms with E-state index in [2.05, 4.69) is 0 Å². The normalized spacial score (nSPS) is 10.4. The summed E-state index contributed by atoms with van der Waals surface area (Å²) in [6.45, 7) is 0. The molecule has 0 aliphatic heterocycles. The zero-order chi connectivity index (χ0) is 11.7. The van der Waals surface area contributed by atoms with Gasteiger partial charge in [0.1, 0.15) is 23.2 Å². The topological polar surface area (TPSA) is 20.2 Å². The minimum absolute atomic E-state index is 0.173. The molecule has 1 N–H and O–H groups in total. The van der Waals surface area contributed by atoms with Crippen LogP contribution in [-0.4, -0.2) is 5.11 Å². The van der Waals surface area contributed by atoms with Gasteiger partial charge in [-0.05, 0) is 35.4 Å². The minimum atomic E-state index is -0.751. The smallest absolute Gasteiger partial charge is 0.127 e. The van der Waals surface area contributed by atoms with E-state index in [-0.39, 0.29) is 16.9 Å². The van der Waals surface area contributed by atoms with Gasteiger partial charge < -0.3 is 5.11 Å². The lowest BCUT2D eigenvalue weighted by atomic mass is 10.1. The summed E-state index contributed by atoms with van der Waals surface area (Å²) in [5, 5.41) is 9.17. The minimum Gasteiger partial charge on any atom is -0.508 e. The molecule has 16 heavy (non-hydrogen) atoms. The van der Waals surface area contributed by atoms with E-state index in [1.807, 2.05) is 0 Å². The van der Waals surface area contributed by atoms with E-state index in [4.69, 9.17) is 5.11 Å². The Morgan fingerprint density at radius 1 is 0.625 bits per heavy atom. The molecule has 0 bridgehead atoms. The van der Waals surface area contributed by atoms with Crippen LogP contribution in [0, 0.1) is 17.5 Å². The van der Waals surface area contributed by atoms with Crippen LogP contribution in [0.5, 0.6) is 5.75 Å². The summed E-state index contributed by atoms with van der Waals surface area (Å²) in [6, 6.07) is 6.10. The lowest BCUT2D eigenvalue weighted by Crippen LogP contribution is -1.85. The van der Waals surface area contributed by atoms with E-state index in [1.165, 1.54) is 6.07 Å². The van der Waals surface area contributed by atoms with Crippen molar-refractivity contribution in [2.45, 2.75) is 0 Å². The van der Waals surface area contributed by atoms with E-state index in [0.717, 1.165) is 30.3 Å². The van der Waals surface area contributed by atoms with E-state index < -0.39 is 17.5 Å². The number of phenols is 1. The first-order valence-corrected chi connectivity index (χ1v) is 4.50. The molecule has 0 amide bonds. The van der Waals surface area contributed by atoms with Crippen LogP contribution in [0.2, 0.25) is 0 Å².